The Labute approximate surface area is 266 Å². The Morgan fingerprint density at radius 1 is 0.758 bits per heavy atom. The number of carbonyl (C=O) groups excluding carboxylic acids is 1. The first-order chi connectivity index (χ1) is 13.8. The van der Waals surface area contributed by atoms with E-state index >= 15 is 0 Å². The third-order valence-electron chi connectivity index (χ3n) is 2.73. The molecule has 2 atom stereocenters. The van der Waals surface area contributed by atoms with E-state index in [0.717, 1.165) is 13.4 Å². The Morgan fingerprint density at radius 2 is 1.03 bits per heavy atom. The van der Waals surface area contributed by atoms with Crippen LogP contribution in [0.5, 0.6) is 0 Å². The topological polar surface area (TPSA) is 77.8 Å². The normalized spacial score (nSPS) is 10.9. The van der Waals surface area contributed by atoms with Crippen LogP contribution in [0.4, 0.5) is 0 Å². The molecule has 2 unspecified atom stereocenters. The predicted molar refractivity (Wildman–Crippen MR) is 143 cm³/mol. The zero-order valence-corrected chi connectivity index (χ0v) is 32.0. The molecule has 4 nitrogen and oxygen atoms in total. The number of aldehydes is 1. The molecule has 0 amide bonds. The van der Waals surface area contributed by atoms with Gasteiger partial charge in [-0.1, -0.05) is 92.7 Å². The molecule has 0 aromatic carbocycles. The Kier molecular flexibility index (Phi) is 46.9. The van der Waals surface area contributed by atoms with E-state index in [2.05, 4.69) is 62.2 Å². The van der Waals surface area contributed by atoms with Gasteiger partial charge in [-0.2, -0.15) is 0 Å². The molecule has 8 heteroatoms. The van der Waals surface area contributed by atoms with Gasteiger partial charge in [-0.25, -0.2) is 0 Å². The second kappa shape index (κ2) is 30.7. The second-order valence-corrected chi connectivity index (χ2v) is 19.4. The van der Waals surface area contributed by atoms with Gasteiger partial charge in [0.25, 0.3) is 0 Å². The number of halogens is 1. The van der Waals surface area contributed by atoms with Crippen LogP contribution in [0.15, 0.2) is 0 Å². The number of hydrogen-bond acceptors (Lipinski definition) is 4. The van der Waals surface area contributed by atoms with E-state index in [1.807, 2.05) is 41.5 Å². The molecule has 0 aromatic heterocycles. The zero-order valence-electron chi connectivity index (χ0n) is 23.7. The van der Waals surface area contributed by atoms with E-state index in [0.29, 0.717) is 0 Å². The summed E-state index contributed by atoms with van der Waals surface area (Å²) in [5.41, 5.74) is 5.88. The summed E-state index contributed by atoms with van der Waals surface area (Å²) >= 11 is 0. The van der Waals surface area contributed by atoms with Crippen molar-refractivity contribution in [3.63, 3.8) is 0 Å². The van der Waals surface area contributed by atoms with E-state index in [4.69, 9.17) is 23.1 Å². The van der Waals surface area contributed by atoms with Crippen LogP contribution in [0.2, 0.25) is 39.3 Å². The minimum Gasteiger partial charge on any atom is -1.00 e. The summed E-state index contributed by atoms with van der Waals surface area (Å²) < 4.78 is 0. The summed E-state index contributed by atoms with van der Waals surface area (Å²) in [4.78, 5) is 9.50. The number of carbonyl (C=O) groups is 1. The smallest absolute Gasteiger partial charge is 1.00 e. The number of rotatable bonds is 3. The second-order valence-electron chi connectivity index (χ2n) is 9.84. The van der Waals surface area contributed by atoms with Crippen LogP contribution in [0.3, 0.4) is 0 Å². The van der Waals surface area contributed by atoms with Gasteiger partial charge in [0.2, 0.25) is 0 Å². The first-order valence-electron chi connectivity index (χ1n) is 10.6. The van der Waals surface area contributed by atoms with Gasteiger partial charge in [0.05, 0.1) is 0 Å². The summed E-state index contributed by atoms with van der Waals surface area (Å²) in [5, 5.41) is 25.0. The summed E-state index contributed by atoms with van der Waals surface area (Å²) in [6, 6.07) is 0. The summed E-state index contributed by atoms with van der Waals surface area (Å²) in [7, 11) is -1.39. The van der Waals surface area contributed by atoms with Crippen molar-refractivity contribution in [2.45, 2.75) is 93.0 Å². The molecule has 0 radical (unpaired) electrons. The van der Waals surface area contributed by atoms with Crippen molar-refractivity contribution in [2.24, 2.45) is 17.8 Å². The quantitative estimate of drug-likeness (QED) is 0.203. The molecule has 0 saturated heterocycles. The van der Waals surface area contributed by atoms with Gasteiger partial charge in [0.15, 0.2) is 0 Å². The molecular weight excluding hydrogens is 572 g/mol. The fourth-order valence-electron chi connectivity index (χ4n) is 0.650. The van der Waals surface area contributed by atoms with Crippen LogP contribution in [-0.2, 0) is 4.79 Å². The fourth-order valence-corrected chi connectivity index (χ4v) is 1.23. The van der Waals surface area contributed by atoms with Gasteiger partial charge in [-0.05, 0) is 11.8 Å². The van der Waals surface area contributed by atoms with Crippen molar-refractivity contribution < 1.29 is 93.7 Å². The summed E-state index contributed by atoms with van der Waals surface area (Å²) in [6.07, 6.45) is 9.89. The largest absolute Gasteiger partial charge is 1.00 e. The maximum Gasteiger partial charge on any atom is 1.00 e. The molecule has 0 fully saturated rings. The first kappa shape index (κ1) is 50.5. The van der Waals surface area contributed by atoms with Gasteiger partial charge in [0, 0.05) is 13.0 Å². The van der Waals surface area contributed by atoms with Crippen LogP contribution in [0, 0.1) is 53.5 Å². The van der Waals surface area contributed by atoms with Gasteiger partial charge in [0.1, 0.15) is 34.6 Å². The monoisotopic (exact) mass is 622 g/mol. The van der Waals surface area contributed by atoms with E-state index < -0.39 is 28.4 Å². The van der Waals surface area contributed by atoms with Crippen molar-refractivity contribution in [2.75, 3.05) is 7.11 Å². The van der Waals surface area contributed by atoms with Crippen molar-refractivity contribution >= 4 is 22.4 Å². The van der Waals surface area contributed by atoms with Crippen LogP contribution < -0.4 is 73.6 Å². The third-order valence-corrected chi connectivity index (χ3v) is 4.49. The molecule has 3 N–H and O–H groups in total. The average Bonchev–Trinajstić information content (AvgIpc) is 2.66. The minimum absolute atomic E-state index is 0. The summed E-state index contributed by atoms with van der Waals surface area (Å²) in [5.74, 6) is 5.75. The van der Waals surface area contributed by atoms with E-state index in [-0.39, 0.29) is 91.4 Å². The molecule has 0 aliphatic rings. The predicted octanol–water partition coefficient (Wildman–Crippen LogP) is -1.52. The van der Waals surface area contributed by atoms with E-state index in [1.54, 1.807) is 0 Å². The third kappa shape index (κ3) is 65.4. The molecule has 190 valence electrons. The van der Waals surface area contributed by atoms with Crippen LogP contribution in [0.25, 0.3) is 0 Å². The maximum absolute atomic E-state index is 9.50. The van der Waals surface area contributed by atoms with Crippen molar-refractivity contribution in [1.29, 1.82) is 0 Å². The number of aliphatic hydroxyl groups is 3. The van der Waals surface area contributed by atoms with Crippen molar-refractivity contribution in [1.82, 2.24) is 0 Å². The van der Waals surface area contributed by atoms with E-state index in [1.165, 1.54) is 0 Å². The van der Waals surface area contributed by atoms with Crippen LogP contribution >= 0.6 is 0 Å². The molecular formula is C25H50CsFO4Si2. The Morgan fingerprint density at radius 3 is 1.12 bits per heavy atom. The minimum atomic E-state index is -1.29. The molecule has 0 heterocycles. The summed E-state index contributed by atoms with van der Waals surface area (Å²) in [6.45, 7) is 24.4. The number of aliphatic hydroxyl groups excluding tert-OH is 3. The van der Waals surface area contributed by atoms with Gasteiger partial charge < -0.3 is 24.8 Å². The molecule has 0 spiro atoms. The Balaban J connectivity index is -0.0000000544. The van der Waals surface area contributed by atoms with E-state index in [9.17, 15) is 9.90 Å². The Hall–Kier alpha value is 0.646. The van der Waals surface area contributed by atoms with Gasteiger partial charge >= 0.3 is 68.9 Å². The van der Waals surface area contributed by atoms with Crippen LogP contribution in [-0.4, -0.2) is 57.1 Å². The molecule has 0 aliphatic heterocycles. The molecule has 0 bridgehead atoms. The first-order valence-corrected chi connectivity index (χ1v) is 17.6. The molecule has 33 heavy (non-hydrogen) atoms. The van der Waals surface area contributed by atoms with Crippen molar-refractivity contribution in [3.05, 3.63) is 0 Å². The van der Waals surface area contributed by atoms with Crippen molar-refractivity contribution in [3.8, 4) is 35.8 Å². The number of hydrogen-bond donors (Lipinski definition) is 3. The molecule has 0 aromatic rings. The van der Waals surface area contributed by atoms with Crippen LogP contribution in [0.1, 0.15) is 41.5 Å². The zero-order chi connectivity index (χ0) is 26.4. The SMILES string of the molecule is C#CC(O)C(C)C.C#C[Si](C)(C)C.CC(C)C(O)C#C[Si](C)(C)C.CC(C)C=O.CO.[Cs+].[F-]. The average molecular weight is 623 g/mol. The maximum atomic E-state index is 9.50. The molecule has 0 aliphatic carbocycles. The molecule has 0 rings (SSSR count). The standard InChI is InChI=1S/C9H18OSi.C6H10O.C5H10Si.C4H8O.CH4O.Cs.FH/c1-8(2)9(10)6-7-11(3,4)5;1-4-6(7)5(2)3;1-5-6(2,3)4;1-4(2)3-5;1-2;;/h8-10H,1-5H3;1,5-7H,2-3H3;1H,2-4H3;3-4H,1-2H3;2H,1H3;;1H/q;;;;;+1;/p-1. The Bertz CT molecular complexity index is 559. The van der Waals surface area contributed by atoms with Gasteiger partial charge in [-0.15, -0.1) is 23.9 Å². The number of terminal acetylenes is 2. The van der Waals surface area contributed by atoms with Gasteiger partial charge in [-0.3, -0.25) is 0 Å². The molecule has 0 saturated carbocycles. The fraction of sp³-hybridized carbons (Fsp3) is 0.720.